The number of rotatable bonds is 7. The molecule has 2 unspecified atom stereocenters. The molecular formula is C10H23NO. The van der Waals surface area contributed by atoms with Crippen LogP contribution in [0, 0.1) is 0 Å². The molecule has 0 rings (SSSR count). The van der Waals surface area contributed by atoms with Gasteiger partial charge in [0.15, 0.2) is 0 Å². The molecule has 0 saturated carbocycles. The van der Waals surface area contributed by atoms with E-state index in [0.717, 1.165) is 19.6 Å². The monoisotopic (exact) mass is 173 g/mol. The summed E-state index contributed by atoms with van der Waals surface area (Å²) in [6.07, 6.45) is 2.68. The summed E-state index contributed by atoms with van der Waals surface area (Å²) in [6, 6.07) is 0.485. The van der Waals surface area contributed by atoms with Crippen LogP contribution in [-0.2, 0) is 4.74 Å². The summed E-state index contributed by atoms with van der Waals surface area (Å²) < 4.78 is 5.59. The second-order valence-corrected chi connectivity index (χ2v) is 3.41. The predicted molar refractivity (Wildman–Crippen MR) is 53.5 cm³/mol. The van der Waals surface area contributed by atoms with Crippen molar-refractivity contribution in [3.63, 3.8) is 0 Å². The highest BCUT2D eigenvalue weighted by Crippen LogP contribution is 1.96. The van der Waals surface area contributed by atoms with Crippen LogP contribution in [0.3, 0.4) is 0 Å². The van der Waals surface area contributed by atoms with Gasteiger partial charge < -0.3 is 10.1 Å². The van der Waals surface area contributed by atoms with Gasteiger partial charge in [0.25, 0.3) is 0 Å². The normalized spacial score (nSPS) is 16.0. The zero-order chi connectivity index (χ0) is 9.40. The standard InChI is InChI=1S/C10H23NO/c1-5-7-11-9(3)8-12-10(4)6-2/h9-11H,5-8H2,1-4H3. The Hall–Kier alpha value is -0.0800. The molecule has 0 saturated heterocycles. The second-order valence-electron chi connectivity index (χ2n) is 3.41. The van der Waals surface area contributed by atoms with Gasteiger partial charge >= 0.3 is 0 Å². The van der Waals surface area contributed by atoms with Crippen LogP contribution in [0.1, 0.15) is 40.5 Å². The molecule has 12 heavy (non-hydrogen) atoms. The van der Waals surface area contributed by atoms with E-state index in [9.17, 15) is 0 Å². The molecule has 2 nitrogen and oxygen atoms in total. The third-order valence-electron chi connectivity index (χ3n) is 1.95. The fourth-order valence-corrected chi connectivity index (χ4v) is 0.876. The van der Waals surface area contributed by atoms with Crippen molar-refractivity contribution in [2.75, 3.05) is 13.2 Å². The van der Waals surface area contributed by atoms with Gasteiger partial charge in [-0.15, -0.1) is 0 Å². The largest absolute Gasteiger partial charge is 0.377 e. The topological polar surface area (TPSA) is 21.3 Å². The summed E-state index contributed by atoms with van der Waals surface area (Å²) >= 11 is 0. The molecule has 2 atom stereocenters. The van der Waals surface area contributed by atoms with Gasteiger partial charge in [-0.2, -0.15) is 0 Å². The molecule has 0 radical (unpaired) electrons. The van der Waals surface area contributed by atoms with Crippen LogP contribution in [-0.4, -0.2) is 25.3 Å². The van der Waals surface area contributed by atoms with E-state index in [0.29, 0.717) is 12.1 Å². The summed E-state index contributed by atoms with van der Waals surface area (Å²) in [5.74, 6) is 0. The second kappa shape index (κ2) is 7.56. The molecule has 0 aliphatic carbocycles. The molecule has 0 fully saturated rings. The van der Waals surface area contributed by atoms with E-state index in [4.69, 9.17) is 4.74 Å². The molecule has 0 aromatic carbocycles. The maximum Gasteiger partial charge on any atom is 0.0620 e. The van der Waals surface area contributed by atoms with Crippen molar-refractivity contribution in [2.24, 2.45) is 0 Å². The number of hydrogen-bond acceptors (Lipinski definition) is 2. The van der Waals surface area contributed by atoms with Crippen LogP contribution < -0.4 is 5.32 Å². The highest BCUT2D eigenvalue weighted by atomic mass is 16.5. The zero-order valence-electron chi connectivity index (χ0n) is 8.89. The average Bonchev–Trinajstić information content (AvgIpc) is 2.10. The number of hydrogen-bond donors (Lipinski definition) is 1. The minimum atomic E-state index is 0.399. The summed E-state index contributed by atoms with van der Waals surface area (Å²) in [5.41, 5.74) is 0. The fraction of sp³-hybridized carbons (Fsp3) is 1.00. The van der Waals surface area contributed by atoms with Crippen LogP contribution in [0.15, 0.2) is 0 Å². The van der Waals surface area contributed by atoms with Crippen molar-refractivity contribution < 1.29 is 4.74 Å². The molecule has 0 heterocycles. The van der Waals surface area contributed by atoms with Gasteiger partial charge in [0.1, 0.15) is 0 Å². The first-order valence-corrected chi connectivity index (χ1v) is 5.05. The van der Waals surface area contributed by atoms with E-state index in [-0.39, 0.29) is 0 Å². The third kappa shape index (κ3) is 6.62. The maximum absolute atomic E-state index is 5.59. The average molecular weight is 173 g/mol. The van der Waals surface area contributed by atoms with E-state index in [1.54, 1.807) is 0 Å². The van der Waals surface area contributed by atoms with Crippen molar-refractivity contribution in [3.05, 3.63) is 0 Å². The first-order valence-electron chi connectivity index (χ1n) is 5.05. The quantitative estimate of drug-likeness (QED) is 0.637. The number of ether oxygens (including phenoxy) is 1. The molecule has 0 amide bonds. The smallest absolute Gasteiger partial charge is 0.0620 e. The van der Waals surface area contributed by atoms with Crippen molar-refractivity contribution in [2.45, 2.75) is 52.7 Å². The lowest BCUT2D eigenvalue weighted by atomic mass is 10.3. The Labute approximate surface area is 76.7 Å². The molecule has 0 spiro atoms. The Kier molecular flexibility index (Phi) is 7.51. The van der Waals surface area contributed by atoms with Crippen molar-refractivity contribution in [1.29, 1.82) is 0 Å². The van der Waals surface area contributed by atoms with E-state index >= 15 is 0 Å². The molecule has 0 aromatic heterocycles. The van der Waals surface area contributed by atoms with Crippen LogP contribution in [0.4, 0.5) is 0 Å². The summed E-state index contributed by atoms with van der Waals surface area (Å²) in [5, 5.41) is 3.39. The molecule has 74 valence electrons. The molecule has 0 bridgehead atoms. The SMILES string of the molecule is CCCNC(C)COC(C)CC. The lowest BCUT2D eigenvalue weighted by Gasteiger charge is -2.16. The molecule has 0 aliphatic heterocycles. The van der Waals surface area contributed by atoms with Crippen molar-refractivity contribution in [1.82, 2.24) is 5.32 Å². The molecule has 1 N–H and O–H groups in total. The minimum Gasteiger partial charge on any atom is -0.377 e. The van der Waals surface area contributed by atoms with Gasteiger partial charge in [0.05, 0.1) is 12.7 Å². The van der Waals surface area contributed by atoms with Crippen LogP contribution in [0.25, 0.3) is 0 Å². The van der Waals surface area contributed by atoms with Gasteiger partial charge in [-0.3, -0.25) is 0 Å². The van der Waals surface area contributed by atoms with Crippen LogP contribution >= 0.6 is 0 Å². The van der Waals surface area contributed by atoms with Crippen molar-refractivity contribution in [3.8, 4) is 0 Å². The van der Waals surface area contributed by atoms with Gasteiger partial charge in [0, 0.05) is 6.04 Å². The fourth-order valence-electron chi connectivity index (χ4n) is 0.876. The summed E-state index contributed by atoms with van der Waals surface area (Å²) in [4.78, 5) is 0. The van der Waals surface area contributed by atoms with Crippen molar-refractivity contribution >= 4 is 0 Å². The zero-order valence-corrected chi connectivity index (χ0v) is 8.89. The highest BCUT2D eigenvalue weighted by Gasteiger charge is 2.03. The highest BCUT2D eigenvalue weighted by molar-refractivity contribution is 4.59. The Morgan fingerprint density at radius 3 is 2.42 bits per heavy atom. The molecule has 0 aliphatic rings. The Balaban J connectivity index is 3.24. The molecule has 2 heteroatoms. The predicted octanol–water partition coefficient (Wildman–Crippen LogP) is 2.19. The Bertz CT molecular complexity index is 95.8. The number of nitrogens with one attached hydrogen (secondary N) is 1. The van der Waals surface area contributed by atoms with E-state index in [2.05, 4.69) is 33.0 Å². The van der Waals surface area contributed by atoms with Crippen LogP contribution in [0.5, 0.6) is 0 Å². The van der Waals surface area contributed by atoms with Gasteiger partial charge in [-0.05, 0) is 33.2 Å². The minimum absolute atomic E-state index is 0.399. The lowest BCUT2D eigenvalue weighted by Crippen LogP contribution is -2.32. The Morgan fingerprint density at radius 2 is 1.92 bits per heavy atom. The maximum atomic E-state index is 5.59. The summed E-state index contributed by atoms with van der Waals surface area (Å²) in [7, 11) is 0. The first-order chi connectivity index (χ1) is 5.70. The van der Waals surface area contributed by atoms with Gasteiger partial charge in [-0.1, -0.05) is 13.8 Å². The van der Waals surface area contributed by atoms with E-state index in [1.807, 2.05) is 0 Å². The molecule has 0 aromatic rings. The van der Waals surface area contributed by atoms with Crippen LogP contribution in [0.2, 0.25) is 0 Å². The third-order valence-corrected chi connectivity index (χ3v) is 1.95. The summed E-state index contributed by atoms with van der Waals surface area (Å²) in [6.45, 7) is 10.5. The van der Waals surface area contributed by atoms with E-state index in [1.165, 1.54) is 6.42 Å². The van der Waals surface area contributed by atoms with Gasteiger partial charge in [-0.25, -0.2) is 0 Å². The van der Waals surface area contributed by atoms with Gasteiger partial charge in [0.2, 0.25) is 0 Å². The molecular weight excluding hydrogens is 150 g/mol. The first kappa shape index (κ1) is 11.9. The van der Waals surface area contributed by atoms with E-state index < -0.39 is 0 Å². The Morgan fingerprint density at radius 1 is 1.25 bits per heavy atom. The lowest BCUT2D eigenvalue weighted by molar-refractivity contribution is 0.0507.